The Labute approximate surface area is 455 Å². The zero-order valence-corrected chi connectivity index (χ0v) is 47.8. The van der Waals surface area contributed by atoms with Gasteiger partial charge in [-0.05, 0) is 135 Å². The molecule has 74 heavy (non-hydrogen) atoms. The van der Waals surface area contributed by atoms with Gasteiger partial charge in [-0.25, -0.2) is 0 Å². The molecule has 0 aliphatic rings. The van der Waals surface area contributed by atoms with Gasteiger partial charge < -0.3 is 14.2 Å². The minimum Gasteiger partial charge on any atom is -0.462 e. The Morgan fingerprint density at radius 1 is 0.284 bits per heavy atom. The number of hydrogen-bond donors (Lipinski definition) is 0. The maximum absolute atomic E-state index is 12.8. The van der Waals surface area contributed by atoms with Crippen molar-refractivity contribution in [3.63, 3.8) is 0 Å². The summed E-state index contributed by atoms with van der Waals surface area (Å²) in [6.07, 6.45) is 86.0. The summed E-state index contributed by atoms with van der Waals surface area (Å²) in [5.74, 6) is -0.956. The third-order valence-electron chi connectivity index (χ3n) is 12.3. The topological polar surface area (TPSA) is 78.9 Å². The summed E-state index contributed by atoms with van der Waals surface area (Å²) >= 11 is 0. The van der Waals surface area contributed by atoms with Crippen LogP contribution in [0.1, 0.15) is 258 Å². The molecule has 0 rings (SSSR count). The summed E-state index contributed by atoms with van der Waals surface area (Å²) in [6.45, 7) is 6.41. The van der Waals surface area contributed by atoms with E-state index in [4.69, 9.17) is 14.2 Å². The van der Waals surface area contributed by atoms with Crippen LogP contribution in [-0.4, -0.2) is 37.2 Å². The zero-order valence-electron chi connectivity index (χ0n) is 47.8. The monoisotopic (exact) mass is 1020 g/mol. The standard InChI is InChI=1S/C68H110O6/c1-4-7-10-13-16-19-22-24-26-27-28-29-30-31-32-33-34-35-36-37-38-39-40-41-43-44-46-49-52-55-58-61-67(70)73-64-65(63-72-66(69)60-57-54-51-48-21-18-15-12-9-6-3)74-68(71)62-59-56-53-50-47-45-42-25-23-20-17-14-11-8-5-2/h7,10,12,15-16,19,24-26,28-29,31-32,34-35,37-38,40-42,44,46,65H,4-6,8-9,11,13-14,17-18,20-23,27,30,33,36,39,43,45,47-64H2,1-3H3/b10-7-,15-12-,19-16-,26-24-,29-28-,32-31-,35-34-,38-37-,41-40-,42-25-,46-44-. The summed E-state index contributed by atoms with van der Waals surface area (Å²) in [7, 11) is 0. The molecule has 0 radical (unpaired) electrons. The van der Waals surface area contributed by atoms with E-state index in [0.29, 0.717) is 19.3 Å². The van der Waals surface area contributed by atoms with E-state index in [9.17, 15) is 14.4 Å². The summed E-state index contributed by atoms with van der Waals surface area (Å²) in [6, 6.07) is 0. The number of rotatable bonds is 53. The zero-order chi connectivity index (χ0) is 53.6. The van der Waals surface area contributed by atoms with Gasteiger partial charge in [-0.2, -0.15) is 0 Å². The highest BCUT2D eigenvalue weighted by Gasteiger charge is 2.19. The van der Waals surface area contributed by atoms with Crippen LogP contribution in [0.15, 0.2) is 134 Å². The largest absolute Gasteiger partial charge is 0.462 e. The first-order valence-electron chi connectivity index (χ1n) is 30.2. The van der Waals surface area contributed by atoms with Gasteiger partial charge in [-0.1, -0.05) is 238 Å². The van der Waals surface area contributed by atoms with Gasteiger partial charge in [0, 0.05) is 19.3 Å². The van der Waals surface area contributed by atoms with Crippen LogP contribution in [0.2, 0.25) is 0 Å². The molecule has 0 heterocycles. The molecule has 0 aromatic heterocycles. The molecular weight excluding hydrogens is 913 g/mol. The number of esters is 3. The molecule has 1 unspecified atom stereocenters. The molecular formula is C68H110O6. The lowest BCUT2D eigenvalue weighted by molar-refractivity contribution is -0.167. The average Bonchev–Trinajstić information content (AvgIpc) is 3.40. The Hall–Kier alpha value is -4.45. The Bertz CT molecular complexity index is 1600. The van der Waals surface area contributed by atoms with Gasteiger partial charge in [-0.15, -0.1) is 0 Å². The fraction of sp³-hybridized carbons (Fsp3) is 0.632. The molecule has 418 valence electrons. The van der Waals surface area contributed by atoms with Crippen LogP contribution < -0.4 is 0 Å². The van der Waals surface area contributed by atoms with E-state index in [2.05, 4.69) is 154 Å². The molecule has 0 aromatic rings. The second-order valence-electron chi connectivity index (χ2n) is 19.5. The highest BCUT2D eigenvalue weighted by atomic mass is 16.6. The van der Waals surface area contributed by atoms with E-state index in [0.717, 1.165) is 154 Å². The van der Waals surface area contributed by atoms with E-state index in [-0.39, 0.29) is 31.1 Å². The fourth-order valence-electron chi connectivity index (χ4n) is 7.84. The number of unbranched alkanes of at least 4 members (excludes halogenated alkanes) is 20. The number of allylic oxidation sites excluding steroid dienone is 22. The van der Waals surface area contributed by atoms with Crippen molar-refractivity contribution in [1.82, 2.24) is 0 Å². The molecule has 0 saturated heterocycles. The van der Waals surface area contributed by atoms with E-state index in [1.54, 1.807) is 0 Å². The molecule has 6 nitrogen and oxygen atoms in total. The molecule has 6 heteroatoms. The second kappa shape index (κ2) is 61.1. The van der Waals surface area contributed by atoms with Crippen LogP contribution in [0.5, 0.6) is 0 Å². The normalized spacial score (nSPS) is 13.1. The van der Waals surface area contributed by atoms with Gasteiger partial charge in [0.15, 0.2) is 6.10 Å². The average molecular weight is 1020 g/mol. The molecule has 0 N–H and O–H groups in total. The van der Waals surface area contributed by atoms with Crippen molar-refractivity contribution in [2.45, 2.75) is 264 Å². The number of carbonyl (C=O) groups excluding carboxylic acids is 3. The molecule has 0 aliphatic carbocycles. The van der Waals surface area contributed by atoms with Crippen molar-refractivity contribution in [2.24, 2.45) is 0 Å². The van der Waals surface area contributed by atoms with E-state index in [1.807, 2.05) is 0 Å². The van der Waals surface area contributed by atoms with Crippen molar-refractivity contribution < 1.29 is 28.6 Å². The first-order chi connectivity index (χ1) is 36.5. The molecule has 0 aliphatic heterocycles. The maximum atomic E-state index is 12.8. The smallest absolute Gasteiger partial charge is 0.306 e. The van der Waals surface area contributed by atoms with Gasteiger partial charge in [0.25, 0.3) is 0 Å². The number of ether oxygens (including phenoxy) is 3. The van der Waals surface area contributed by atoms with Crippen LogP contribution in [0, 0.1) is 0 Å². The third-order valence-corrected chi connectivity index (χ3v) is 12.3. The minimum atomic E-state index is -0.803. The Balaban J connectivity index is 4.34. The van der Waals surface area contributed by atoms with Crippen LogP contribution in [-0.2, 0) is 28.6 Å². The second-order valence-corrected chi connectivity index (χ2v) is 19.5. The summed E-state index contributed by atoms with van der Waals surface area (Å²) in [5.41, 5.74) is 0. The molecule has 0 bridgehead atoms. The predicted octanol–water partition coefficient (Wildman–Crippen LogP) is 20.6. The molecule has 0 saturated carbocycles. The van der Waals surface area contributed by atoms with Crippen molar-refractivity contribution in [3.05, 3.63) is 134 Å². The van der Waals surface area contributed by atoms with Gasteiger partial charge in [-0.3, -0.25) is 14.4 Å². The predicted molar refractivity (Wildman–Crippen MR) is 320 cm³/mol. The minimum absolute atomic E-state index is 0.0996. The van der Waals surface area contributed by atoms with Crippen LogP contribution in [0.25, 0.3) is 0 Å². The fourth-order valence-corrected chi connectivity index (χ4v) is 7.84. The lowest BCUT2D eigenvalue weighted by Gasteiger charge is -2.18. The summed E-state index contributed by atoms with van der Waals surface area (Å²) < 4.78 is 16.8. The lowest BCUT2D eigenvalue weighted by Crippen LogP contribution is -2.30. The van der Waals surface area contributed by atoms with Gasteiger partial charge in [0.1, 0.15) is 13.2 Å². The first kappa shape index (κ1) is 69.5. The van der Waals surface area contributed by atoms with Crippen molar-refractivity contribution in [3.8, 4) is 0 Å². The molecule has 1 atom stereocenters. The quantitative estimate of drug-likeness (QED) is 0.0261. The van der Waals surface area contributed by atoms with Crippen molar-refractivity contribution >= 4 is 17.9 Å². The van der Waals surface area contributed by atoms with Crippen molar-refractivity contribution in [2.75, 3.05) is 13.2 Å². The number of carbonyl (C=O) groups is 3. The van der Waals surface area contributed by atoms with Gasteiger partial charge >= 0.3 is 17.9 Å². The summed E-state index contributed by atoms with van der Waals surface area (Å²) in [4.78, 5) is 38.1. The van der Waals surface area contributed by atoms with Crippen molar-refractivity contribution in [1.29, 1.82) is 0 Å². The Morgan fingerprint density at radius 3 is 0.905 bits per heavy atom. The van der Waals surface area contributed by atoms with E-state index >= 15 is 0 Å². The number of hydrogen-bond acceptors (Lipinski definition) is 6. The van der Waals surface area contributed by atoms with E-state index in [1.165, 1.54) is 64.2 Å². The Morgan fingerprint density at radius 2 is 0.554 bits per heavy atom. The molecule has 0 amide bonds. The van der Waals surface area contributed by atoms with Crippen LogP contribution in [0.3, 0.4) is 0 Å². The van der Waals surface area contributed by atoms with Gasteiger partial charge in [0.05, 0.1) is 0 Å². The third kappa shape index (κ3) is 58.4. The lowest BCUT2D eigenvalue weighted by atomic mass is 10.1. The van der Waals surface area contributed by atoms with Crippen LogP contribution >= 0.6 is 0 Å². The highest BCUT2D eigenvalue weighted by Crippen LogP contribution is 2.13. The van der Waals surface area contributed by atoms with Crippen LogP contribution in [0.4, 0.5) is 0 Å². The molecule has 0 fully saturated rings. The SMILES string of the molecule is CC/C=C\C/C=C\C/C=C\C/C=C\C/C=C\C/C=C\C/C=C\C/C=C\C/C=C\CCCCCC(=O)OCC(COC(=O)CCCCCCC/C=C\CCC)OC(=O)CCCCCCC/C=C\CCCCCCCC. The first-order valence-corrected chi connectivity index (χ1v) is 30.2. The summed E-state index contributed by atoms with van der Waals surface area (Å²) in [5, 5.41) is 0. The van der Waals surface area contributed by atoms with Gasteiger partial charge in [0.2, 0.25) is 0 Å². The molecule has 0 spiro atoms. The molecule has 0 aromatic carbocycles. The Kier molecular flexibility index (Phi) is 57.4. The van der Waals surface area contributed by atoms with E-state index < -0.39 is 6.10 Å². The maximum Gasteiger partial charge on any atom is 0.306 e. The highest BCUT2D eigenvalue weighted by molar-refractivity contribution is 5.71.